The lowest BCUT2D eigenvalue weighted by Gasteiger charge is -2.32. The maximum atomic E-state index is 12.7. The predicted octanol–water partition coefficient (Wildman–Crippen LogP) is 1.89. The molecule has 0 aromatic carbocycles. The van der Waals surface area contributed by atoms with Gasteiger partial charge >= 0.3 is 0 Å². The Balaban J connectivity index is 1.74. The molecule has 7 nitrogen and oxygen atoms in total. The van der Waals surface area contributed by atoms with E-state index in [2.05, 4.69) is 14.5 Å². The molecule has 0 bridgehead atoms. The normalized spacial score (nSPS) is 17.7. The lowest BCUT2D eigenvalue weighted by atomic mass is 9.96. The second-order valence-electron chi connectivity index (χ2n) is 6.13. The Kier molecular flexibility index (Phi) is 5.55. The SMILES string of the molecule is COCCn1ccnc1C1CCCN(C(=O)c2c[nH]c(=O)c(Cl)c2)C1. The van der Waals surface area contributed by atoms with E-state index < -0.39 is 5.56 Å². The lowest BCUT2D eigenvalue weighted by Crippen LogP contribution is -2.40. The minimum atomic E-state index is -0.394. The van der Waals surface area contributed by atoms with Crippen molar-refractivity contribution in [3.63, 3.8) is 0 Å². The molecule has 0 radical (unpaired) electrons. The van der Waals surface area contributed by atoms with Gasteiger partial charge in [0.15, 0.2) is 0 Å². The zero-order valence-electron chi connectivity index (χ0n) is 14.1. The van der Waals surface area contributed by atoms with Gasteiger partial charge in [-0.3, -0.25) is 9.59 Å². The number of aromatic nitrogens is 3. The van der Waals surface area contributed by atoms with E-state index in [1.54, 1.807) is 18.2 Å². The van der Waals surface area contributed by atoms with Gasteiger partial charge in [0.05, 0.1) is 12.2 Å². The van der Waals surface area contributed by atoms with Crippen molar-refractivity contribution in [2.45, 2.75) is 25.3 Å². The van der Waals surface area contributed by atoms with Gasteiger partial charge in [0.2, 0.25) is 0 Å². The minimum Gasteiger partial charge on any atom is -0.383 e. The Bertz CT molecular complexity index is 801. The largest absolute Gasteiger partial charge is 0.383 e. The summed E-state index contributed by atoms with van der Waals surface area (Å²) >= 11 is 5.84. The molecule has 1 aliphatic rings. The van der Waals surface area contributed by atoms with Gasteiger partial charge in [-0.15, -0.1) is 0 Å². The van der Waals surface area contributed by atoms with E-state index >= 15 is 0 Å². The number of hydrogen-bond acceptors (Lipinski definition) is 4. The molecule has 1 N–H and O–H groups in total. The van der Waals surface area contributed by atoms with Crippen LogP contribution in [-0.2, 0) is 11.3 Å². The third kappa shape index (κ3) is 3.93. The minimum absolute atomic E-state index is 0.0227. The van der Waals surface area contributed by atoms with Crippen LogP contribution in [0.2, 0.25) is 5.02 Å². The van der Waals surface area contributed by atoms with Crippen molar-refractivity contribution in [1.82, 2.24) is 19.4 Å². The summed E-state index contributed by atoms with van der Waals surface area (Å²) in [5.74, 6) is 1.04. The van der Waals surface area contributed by atoms with Gasteiger partial charge in [0.25, 0.3) is 11.5 Å². The first-order valence-corrected chi connectivity index (χ1v) is 8.65. The summed E-state index contributed by atoms with van der Waals surface area (Å²) in [7, 11) is 1.67. The first-order chi connectivity index (χ1) is 12.1. The highest BCUT2D eigenvalue weighted by atomic mass is 35.5. The Morgan fingerprint density at radius 2 is 2.36 bits per heavy atom. The number of likely N-dealkylation sites (tertiary alicyclic amines) is 1. The highest BCUT2D eigenvalue weighted by Gasteiger charge is 2.28. The topological polar surface area (TPSA) is 80.2 Å². The summed E-state index contributed by atoms with van der Waals surface area (Å²) in [4.78, 5) is 32.9. The standard InChI is InChI=1S/C17H21ClN4O3/c1-25-8-7-21-6-4-19-15(21)12-3-2-5-22(11-12)17(24)13-9-14(18)16(23)20-10-13/h4,6,9-10,12H,2-3,5,7-8,11H2,1H3,(H,20,23). The zero-order valence-corrected chi connectivity index (χ0v) is 14.8. The molecule has 25 heavy (non-hydrogen) atoms. The van der Waals surface area contributed by atoms with Crippen LogP contribution in [-0.4, -0.2) is 52.1 Å². The number of carbonyl (C=O) groups excluding carboxylic acids is 1. The monoisotopic (exact) mass is 364 g/mol. The molecular formula is C17H21ClN4O3. The average Bonchev–Trinajstić information content (AvgIpc) is 3.10. The van der Waals surface area contributed by atoms with Crippen molar-refractivity contribution in [2.75, 3.05) is 26.8 Å². The molecule has 1 saturated heterocycles. The van der Waals surface area contributed by atoms with E-state index in [-0.39, 0.29) is 16.8 Å². The number of nitrogens with zero attached hydrogens (tertiary/aromatic N) is 3. The van der Waals surface area contributed by atoms with Gasteiger partial charge < -0.3 is 19.2 Å². The number of ether oxygens (including phenoxy) is 1. The van der Waals surface area contributed by atoms with Crippen LogP contribution in [0, 0.1) is 0 Å². The number of halogens is 1. The number of pyridine rings is 1. The summed E-state index contributed by atoms with van der Waals surface area (Å²) in [5.41, 5.74) is 0.00267. The zero-order chi connectivity index (χ0) is 17.8. The fraction of sp³-hybridized carbons (Fsp3) is 0.471. The first-order valence-electron chi connectivity index (χ1n) is 8.27. The second-order valence-corrected chi connectivity index (χ2v) is 6.53. The smallest absolute Gasteiger partial charge is 0.266 e. The molecular weight excluding hydrogens is 344 g/mol. The fourth-order valence-electron chi connectivity index (χ4n) is 3.19. The second kappa shape index (κ2) is 7.84. The van der Waals surface area contributed by atoms with Crippen LogP contribution in [0.5, 0.6) is 0 Å². The Hall–Kier alpha value is -2.12. The van der Waals surface area contributed by atoms with Crippen LogP contribution < -0.4 is 5.56 Å². The number of carbonyl (C=O) groups is 1. The van der Waals surface area contributed by atoms with E-state index in [4.69, 9.17) is 16.3 Å². The maximum absolute atomic E-state index is 12.7. The van der Waals surface area contributed by atoms with E-state index in [9.17, 15) is 9.59 Å². The van der Waals surface area contributed by atoms with Crippen molar-refractivity contribution in [2.24, 2.45) is 0 Å². The quantitative estimate of drug-likeness (QED) is 0.878. The van der Waals surface area contributed by atoms with Crippen molar-refractivity contribution in [1.29, 1.82) is 0 Å². The maximum Gasteiger partial charge on any atom is 0.266 e. The molecule has 1 fully saturated rings. The number of methoxy groups -OCH3 is 1. The van der Waals surface area contributed by atoms with E-state index in [0.717, 1.165) is 25.2 Å². The third-order valence-corrected chi connectivity index (χ3v) is 4.74. The molecule has 0 aliphatic carbocycles. The van der Waals surface area contributed by atoms with Crippen LogP contribution in [0.25, 0.3) is 0 Å². The first kappa shape index (κ1) is 17.7. The van der Waals surface area contributed by atoms with Crippen LogP contribution in [0.15, 0.2) is 29.5 Å². The molecule has 1 unspecified atom stereocenters. The number of hydrogen-bond donors (Lipinski definition) is 1. The molecule has 3 rings (SSSR count). The Morgan fingerprint density at radius 1 is 1.52 bits per heavy atom. The summed E-state index contributed by atoms with van der Waals surface area (Å²) < 4.78 is 7.22. The van der Waals surface area contributed by atoms with Gasteiger partial charge in [-0.2, -0.15) is 0 Å². The lowest BCUT2D eigenvalue weighted by molar-refractivity contribution is 0.0702. The molecule has 0 saturated carbocycles. The van der Waals surface area contributed by atoms with Crippen molar-refractivity contribution in [3.8, 4) is 0 Å². The fourth-order valence-corrected chi connectivity index (χ4v) is 3.37. The van der Waals surface area contributed by atoms with E-state index in [1.165, 1.54) is 12.3 Å². The predicted molar refractivity (Wildman–Crippen MR) is 94.1 cm³/mol. The number of nitrogens with one attached hydrogen (secondary N) is 1. The highest BCUT2D eigenvalue weighted by molar-refractivity contribution is 6.30. The van der Waals surface area contributed by atoms with Gasteiger partial charge in [0, 0.05) is 51.3 Å². The molecule has 1 aliphatic heterocycles. The molecule has 134 valence electrons. The number of rotatable bonds is 5. The number of aromatic amines is 1. The number of amides is 1. The van der Waals surface area contributed by atoms with Crippen molar-refractivity contribution >= 4 is 17.5 Å². The van der Waals surface area contributed by atoms with Gasteiger partial charge in [-0.25, -0.2) is 4.98 Å². The summed E-state index contributed by atoms with van der Waals surface area (Å²) in [6.07, 6.45) is 7.04. The molecule has 1 amide bonds. The van der Waals surface area contributed by atoms with Crippen LogP contribution in [0.4, 0.5) is 0 Å². The summed E-state index contributed by atoms with van der Waals surface area (Å²) in [6.45, 7) is 2.64. The van der Waals surface area contributed by atoms with Crippen LogP contribution in [0.1, 0.15) is 34.9 Å². The molecule has 3 heterocycles. The summed E-state index contributed by atoms with van der Waals surface area (Å²) in [5, 5.41) is 0.0227. The van der Waals surface area contributed by atoms with Gasteiger partial charge in [-0.1, -0.05) is 11.6 Å². The highest BCUT2D eigenvalue weighted by Crippen LogP contribution is 2.27. The van der Waals surface area contributed by atoms with Crippen LogP contribution >= 0.6 is 11.6 Å². The summed E-state index contributed by atoms with van der Waals surface area (Å²) in [6, 6.07) is 1.42. The molecule has 2 aromatic heterocycles. The van der Waals surface area contributed by atoms with E-state index in [1.807, 2.05) is 6.20 Å². The average molecular weight is 365 g/mol. The number of H-pyrrole nitrogens is 1. The molecule has 8 heteroatoms. The van der Waals surface area contributed by atoms with Gasteiger partial charge in [-0.05, 0) is 18.9 Å². The number of piperidine rings is 1. The van der Waals surface area contributed by atoms with E-state index in [0.29, 0.717) is 25.3 Å². The Labute approximate surface area is 150 Å². The van der Waals surface area contributed by atoms with Crippen molar-refractivity contribution in [3.05, 3.63) is 51.4 Å². The third-order valence-electron chi connectivity index (χ3n) is 4.46. The van der Waals surface area contributed by atoms with Crippen LogP contribution in [0.3, 0.4) is 0 Å². The van der Waals surface area contributed by atoms with Crippen molar-refractivity contribution < 1.29 is 9.53 Å². The molecule has 1 atom stereocenters. The molecule has 2 aromatic rings. The molecule has 0 spiro atoms. The number of imidazole rings is 1. The Morgan fingerprint density at radius 3 is 3.12 bits per heavy atom. The van der Waals surface area contributed by atoms with Gasteiger partial charge in [0.1, 0.15) is 10.8 Å².